The largest absolute Gasteiger partial charge is 0.487 e. The van der Waals surface area contributed by atoms with Crippen LogP contribution < -0.4 is 4.74 Å². The SMILES string of the molecule is CCC(O)(CC)COc1cc(F)ccc1F. The Labute approximate surface area is 93.9 Å². The molecule has 2 nitrogen and oxygen atoms in total. The van der Waals surface area contributed by atoms with Crippen LogP contribution in [0.4, 0.5) is 8.78 Å². The third kappa shape index (κ3) is 3.17. The summed E-state index contributed by atoms with van der Waals surface area (Å²) in [5.74, 6) is -1.36. The minimum Gasteiger partial charge on any atom is -0.487 e. The molecule has 0 fully saturated rings. The van der Waals surface area contributed by atoms with Crippen molar-refractivity contribution in [1.82, 2.24) is 0 Å². The van der Waals surface area contributed by atoms with Crippen LogP contribution in [0.3, 0.4) is 0 Å². The molecular weight excluding hydrogens is 214 g/mol. The van der Waals surface area contributed by atoms with Crippen molar-refractivity contribution in [2.45, 2.75) is 32.3 Å². The van der Waals surface area contributed by atoms with E-state index in [2.05, 4.69) is 0 Å². The van der Waals surface area contributed by atoms with E-state index < -0.39 is 17.2 Å². The van der Waals surface area contributed by atoms with Crippen LogP contribution in [-0.2, 0) is 0 Å². The molecule has 0 unspecified atom stereocenters. The summed E-state index contributed by atoms with van der Waals surface area (Å²) in [4.78, 5) is 0. The molecule has 0 saturated carbocycles. The molecular formula is C12H16F2O2. The molecule has 4 heteroatoms. The Kier molecular flexibility index (Phi) is 4.24. The van der Waals surface area contributed by atoms with Crippen LogP contribution in [0.15, 0.2) is 18.2 Å². The van der Waals surface area contributed by atoms with Crippen LogP contribution in [0, 0.1) is 11.6 Å². The highest BCUT2D eigenvalue weighted by Crippen LogP contribution is 2.21. The molecule has 1 N–H and O–H groups in total. The summed E-state index contributed by atoms with van der Waals surface area (Å²) in [5, 5.41) is 9.91. The van der Waals surface area contributed by atoms with Crippen LogP contribution in [-0.4, -0.2) is 17.3 Å². The lowest BCUT2D eigenvalue weighted by Crippen LogP contribution is -2.34. The van der Waals surface area contributed by atoms with Crippen molar-refractivity contribution in [2.24, 2.45) is 0 Å². The molecule has 0 aliphatic carbocycles. The third-order valence-electron chi connectivity index (χ3n) is 2.71. The summed E-state index contributed by atoms with van der Waals surface area (Å²) in [5.41, 5.74) is -0.987. The minimum atomic E-state index is -0.987. The molecule has 0 bridgehead atoms. The van der Waals surface area contributed by atoms with Crippen molar-refractivity contribution in [2.75, 3.05) is 6.61 Å². The number of hydrogen-bond donors (Lipinski definition) is 1. The van der Waals surface area contributed by atoms with Crippen LogP contribution in [0.25, 0.3) is 0 Å². The van der Waals surface area contributed by atoms with Crippen molar-refractivity contribution in [3.05, 3.63) is 29.8 Å². The van der Waals surface area contributed by atoms with E-state index in [1.54, 1.807) is 0 Å². The highest BCUT2D eigenvalue weighted by Gasteiger charge is 2.23. The zero-order valence-electron chi connectivity index (χ0n) is 9.46. The first-order valence-electron chi connectivity index (χ1n) is 5.31. The zero-order valence-corrected chi connectivity index (χ0v) is 9.46. The van der Waals surface area contributed by atoms with Crippen molar-refractivity contribution < 1.29 is 18.6 Å². The molecule has 0 heterocycles. The highest BCUT2D eigenvalue weighted by molar-refractivity contribution is 5.24. The number of hydrogen-bond acceptors (Lipinski definition) is 2. The standard InChI is InChI=1S/C12H16F2O2/c1-3-12(15,4-2)8-16-11-7-9(13)5-6-10(11)14/h5-7,15H,3-4,8H2,1-2H3. The summed E-state index contributed by atoms with van der Waals surface area (Å²) in [7, 11) is 0. The number of benzene rings is 1. The number of ether oxygens (including phenoxy) is 1. The van der Waals surface area contributed by atoms with E-state index in [0.717, 1.165) is 18.2 Å². The Morgan fingerprint density at radius 2 is 1.88 bits per heavy atom. The predicted molar refractivity (Wildman–Crippen MR) is 57.4 cm³/mol. The van der Waals surface area contributed by atoms with Gasteiger partial charge in [0.15, 0.2) is 11.6 Å². The van der Waals surface area contributed by atoms with Gasteiger partial charge in [0.2, 0.25) is 0 Å². The maximum Gasteiger partial charge on any atom is 0.165 e. The van der Waals surface area contributed by atoms with Gasteiger partial charge in [0.1, 0.15) is 12.4 Å². The van der Waals surface area contributed by atoms with E-state index in [4.69, 9.17) is 4.74 Å². The lowest BCUT2D eigenvalue weighted by atomic mass is 9.99. The molecule has 0 atom stereocenters. The molecule has 1 aromatic carbocycles. The Balaban J connectivity index is 2.70. The third-order valence-corrected chi connectivity index (χ3v) is 2.71. The predicted octanol–water partition coefficient (Wildman–Crippen LogP) is 2.89. The summed E-state index contributed by atoms with van der Waals surface area (Å²) in [6.45, 7) is 3.59. The van der Waals surface area contributed by atoms with Gasteiger partial charge in [-0.3, -0.25) is 0 Å². The second kappa shape index (κ2) is 5.25. The van der Waals surface area contributed by atoms with Gasteiger partial charge in [0.05, 0.1) is 5.60 Å². The van der Waals surface area contributed by atoms with Gasteiger partial charge in [-0.1, -0.05) is 13.8 Å². The fourth-order valence-corrected chi connectivity index (χ4v) is 1.25. The summed E-state index contributed by atoms with van der Waals surface area (Å²) in [6.07, 6.45) is 1.00. The molecule has 1 aromatic rings. The van der Waals surface area contributed by atoms with E-state index in [1.807, 2.05) is 13.8 Å². The van der Waals surface area contributed by atoms with Gasteiger partial charge >= 0.3 is 0 Å². The molecule has 0 saturated heterocycles. The monoisotopic (exact) mass is 230 g/mol. The van der Waals surface area contributed by atoms with E-state index in [0.29, 0.717) is 12.8 Å². The van der Waals surface area contributed by atoms with Gasteiger partial charge in [0.25, 0.3) is 0 Å². The van der Waals surface area contributed by atoms with Gasteiger partial charge in [-0.2, -0.15) is 0 Å². The van der Waals surface area contributed by atoms with Crippen molar-refractivity contribution in [3.8, 4) is 5.75 Å². The second-order valence-corrected chi connectivity index (χ2v) is 3.79. The summed E-state index contributed by atoms with van der Waals surface area (Å²) >= 11 is 0. The van der Waals surface area contributed by atoms with Crippen LogP contribution in [0.5, 0.6) is 5.75 Å². The topological polar surface area (TPSA) is 29.5 Å². The lowest BCUT2D eigenvalue weighted by molar-refractivity contribution is -0.0124. The van der Waals surface area contributed by atoms with Crippen LogP contribution >= 0.6 is 0 Å². The average Bonchev–Trinajstić information content (AvgIpc) is 2.30. The lowest BCUT2D eigenvalue weighted by Gasteiger charge is -2.25. The fourth-order valence-electron chi connectivity index (χ4n) is 1.25. The first-order valence-corrected chi connectivity index (χ1v) is 5.31. The molecule has 1 rings (SSSR count). The Bertz CT molecular complexity index is 349. The second-order valence-electron chi connectivity index (χ2n) is 3.79. The number of aliphatic hydroxyl groups is 1. The average molecular weight is 230 g/mol. The normalized spacial score (nSPS) is 11.6. The minimum absolute atomic E-state index is 0.0413. The maximum absolute atomic E-state index is 13.2. The number of rotatable bonds is 5. The molecule has 0 radical (unpaired) electrons. The van der Waals surface area contributed by atoms with Crippen LogP contribution in [0.1, 0.15) is 26.7 Å². The molecule has 16 heavy (non-hydrogen) atoms. The van der Waals surface area contributed by atoms with E-state index in [9.17, 15) is 13.9 Å². The van der Waals surface area contributed by atoms with Gasteiger partial charge in [-0.25, -0.2) is 8.78 Å². The van der Waals surface area contributed by atoms with Crippen molar-refractivity contribution in [3.63, 3.8) is 0 Å². The number of halogens is 2. The molecule has 0 aliphatic heterocycles. The highest BCUT2D eigenvalue weighted by atomic mass is 19.1. The Morgan fingerprint density at radius 3 is 2.44 bits per heavy atom. The molecule has 0 aromatic heterocycles. The molecule has 0 spiro atoms. The van der Waals surface area contributed by atoms with E-state index >= 15 is 0 Å². The van der Waals surface area contributed by atoms with E-state index in [1.165, 1.54) is 0 Å². The van der Waals surface area contributed by atoms with E-state index in [-0.39, 0.29) is 12.4 Å². The van der Waals surface area contributed by atoms with Crippen LogP contribution in [0.2, 0.25) is 0 Å². The molecule has 90 valence electrons. The zero-order chi connectivity index (χ0) is 12.2. The quantitative estimate of drug-likeness (QED) is 0.842. The maximum atomic E-state index is 13.2. The Hall–Kier alpha value is -1.16. The smallest absolute Gasteiger partial charge is 0.165 e. The summed E-state index contributed by atoms with van der Waals surface area (Å²) in [6, 6.07) is 3.00. The van der Waals surface area contributed by atoms with Gasteiger partial charge in [0, 0.05) is 6.07 Å². The summed E-state index contributed by atoms with van der Waals surface area (Å²) < 4.78 is 31.1. The van der Waals surface area contributed by atoms with Crippen molar-refractivity contribution in [1.29, 1.82) is 0 Å². The molecule has 0 aliphatic rings. The first-order chi connectivity index (χ1) is 7.50. The van der Waals surface area contributed by atoms with Gasteiger partial charge in [-0.05, 0) is 25.0 Å². The van der Waals surface area contributed by atoms with Crippen molar-refractivity contribution >= 4 is 0 Å². The van der Waals surface area contributed by atoms with Gasteiger partial charge < -0.3 is 9.84 Å². The first kappa shape index (κ1) is 12.9. The Morgan fingerprint density at radius 1 is 1.25 bits per heavy atom. The van der Waals surface area contributed by atoms with Gasteiger partial charge in [-0.15, -0.1) is 0 Å². The fraction of sp³-hybridized carbons (Fsp3) is 0.500. The molecule has 0 amide bonds.